The van der Waals surface area contributed by atoms with E-state index in [0.29, 0.717) is 36.4 Å². The summed E-state index contributed by atoms with van der Waals surface area (Å²) in [6, 6.07) is 6.38. The zero-order valence-electron chi connectivity index (χ0n) is 18.9. The molecule has 5 nitrogen and oxygen atoms in total. The van der Waals surface area contributed by atoms with E-state index in [4.69, 9.17) is 9.47 Å². The zero-order valence-corrected chi connectivity index (χ0v) is 18.9. The van der Waals surface area contributed by atoms with Crippen molar-refractivity contribution in [1.82, 2.24) is 9.80 Å². The molecule has 5 heteroatoms. The topological polar surface area (TPSA) is 42.0 Å². The first-order chi connectivity index (χ1) is 14.5. The van der Waals surface area contributed by atoms with Crippen molar-refractivity contribution in [3.05, 3.63) is 29.3 Å². The van der Waals surface area contributed by atoms with E-state index in [0.717, 1.165) is 70.6 Å². The van der Waals surface area contributed by atoms with Gasteiger partial charge in [0.25, 0.3) is 0 Å². The summed E-state index contributed by atoms with van der Waals surface area (Å²) in [6.45, 7) is 9.40. The molecule has 1 aromatic carbocycles. The summed E-state index contributed by atoms with van der Waals surface area (Å²) in [5.74, 6) is 2.33. The van der Waals surface area contributed by atoms with Crippen LogP contribution in [0.15, 0.2) is 18.2 Å². The number of piperidine rings is 1. The summed E-state index contributed by atoms with van der Waals surface area (Å²) >= 11 is 0. The number of benzene rings is 1. The highest BCUT2D eigenvalue weighted by atomic mass is 16.5. The van der Waals surface area contributed by atoms with Crippen LogP contribution in [-0.4, -0.2) is 67.7 Å². The quantitative estimate of drug-likeness (QED) is 0.734. The highest BCUT2D eigenvalue weighted by molar-refractivity contribution is 5.77. The first-order valence-corrected chi connectivity index (χ1v) is 11.8. The number of ether oxygens (including phenoxy) is 2. The molecule has 1 aromatic rings. The van der Waals surface area contributed by atoms with Gasteiger partial charge in [-0.15, -0.1) is 0 Å². The Morgan fingerprint density at radius 3 is 2.57 bits per heavy atom. The van der Waals surface area contributed by atoms with Crippen LogP contribution in [0.25, 0.3) is 0 Å². The Morgan fingerprint density at radius 2 is 1.87 bits per heavy atom. The largest absolute Gasteiger partial charge is 0.497 e. The van der Waals surface area contributed by atoms with E-state index in [-0.39, 0.29) is 0 Å². The van der Waals surface area contributed by atoms with Gasteiger partial charge in [0.15, 0.2) is 0 Å². The molecule has 3 atom stereocenters. The van der Waals surface area contributed by atoms with Crippen LogP contribution in [-0.2, 0) is 16.0 Å². The number of rotatable bonds is 5. The summed E-state index contributed by atoms with van der Waals surface area (Å²) < 4.78 is 11.2. The molecule has 2 aliphatic heterocycles. The third-order valence-corrected chi connectivity index (χ3v) is 7.19. The summed E-state index contributed by atoms with van der Waals surface area (Å²) in [6.07, 6.45) is 6.95. The van der Waals surface area contributed by atoms with Crippen LogP contribution in [0.1, 0.15) is 63.0 Å². The number of methoxy groups -OCH3 is 1. The van der Waals surface area contributed by atoms with Crippen molar-refractivity contribution >= 4 is 5.91 Å². The maximum atomic E-state index is 13.1. The fourth-order valence-corrected chi connectivity index (χ4v) is 5.73. The minimum absolute atomic E-state index is 0.328. The maximum Gasteiger partial charge on any atom is 0.223 e. The molecule has 0 bridgehead atoms. The average Bonchev–Trinajstić information content (AvgIpc) is 2.73. The van der Waals surface area contributed by atoms with Crippen LogP contribution >= 0.6 is 0 Å². The molecule has 1 amide bonds. The number of carbonyl (C=O) groups excluding carboxylic acids is 1. The van der Waals surface area contributed by atoms with Gasteiger partial charge in [0.1, 0.15) is 5.75 Å². The standard InChI is InChI=1S/C25H38N2O3/c1-18-15-26(16-19(2)30-18)17-20-9-11-27(12-10-20)25(28)14-22-6-4-5-21-13-23(29-3)7-8-24(21)22/h7-8,13,18-20,22H,4-6,9-12,14-17H2,1-3H3. The molecule has 0 N–H and O–H groups in total. The Bertz CT molecular complexity index is 719. The first-order valence-electron chi connectivity index (χ1n) is 11.8. The number of likely N-dealkylation sites (tertiary alicyclic amines) is 1. The molecule has 0 aromatic heterocycles. The van der Waals surface area contributed by atoms with Gasteiger partial charge in [-0.25, -0.2) is 0 Å². The molecule has 0 spiro atoms. The molecule has 2 heterocycles. The third kappa shape index (κ3) is 5.17. The van der Waals surface area contributed by atoms with Gasteiger partial charge in [0, 0.05) is 39.1 Å². The van der Waals surface area contributed by atoms with Gasteiger partial charge in [-0.3, -0.25) is 9.69 Å². The highest BCUT2D eigenvalue weighted by Crippen LogP contribution is 2.36. The lowest BCUT2D eigenvalue weighted by Gasteiger charge is -2.39. The number of aryl methyl sites for hydroxylation is 1. The molecular weight excluding hydrogens is 376 g/mol. The van der Waals surface area contributed by atoms with Gasteiger partial charge >= 0.3 is 0 Å². The first kappa shape index (κ1) is 21.6. The van der Waals surface area contributed by atoms with Crippen molar-refractivity contribution in [3.63, 3.8) is 0 Å². The second-order valence-electron chi connectivity index (χ2n) is 9.66. The van der Waals surface area contributed by atoms with E-state index >= 15 is 0 Å². The summed E-state index contributed by atoms with van der Waals surface area (Å²) in [7, 11) is 1.72. The van der Waals surface area contributed by atoms with Crippen LogP contribution in [0.2, 0.25) is 0 Å². The summed E-state index contributed by atoms with van der Waals surface area (Å²) in [4.78, 5) is 17.7. The molecule has 2 saturated heterocycles. The Kier molecular flexibility index (Phi) is 6.99. The minimum Gasteiger partial charge on any atom is -0.497 e. The highest BCUT2D eigenvalue weighted by Gasteiger charge is 2.30. The molecule has 4 rings (SSSR count). The Balaban J connectivity index is 1.27. The second kappa shape index (κ2) is 9.69. The second-order valence-corrected chi connectivity index (χ2v) is 9.66. The van der Waals surface area contributed by atoms with Crippen LogP contribution in [0.3, 0.4) is 0 Å². The van der Waals surface area contributed by atoms with Crippen molar-refractivity contribution in [2.24, 2.45) is 5.92 Å². The maximum absolute atomic E-state index is 13.1. The fraction of sp³-hybridized carbons (Fsp3) is 0.720. The van der Waals surface area contributed by atoms with Crippen LogP contribution in [0, 0.1) is 5.92 Å². The van der Waals surface area contributed by atoms with E-state index < -0.39 is 0 Å². The zero-order chi connectivity index (χ0) is 21.1. The lowest BCUT2D eigenvalue weighted by Crippen LogP contribution is -2.48. The van der Waals surface area contributed by atoms with E-state index in [2.05, 4.69) is 35.8 Å². The van der Waals surface area contributed by atoms with Gasteiger partial charge in [-0.05, 0) is 81.0 Å². The number of carbonyl (C=O) groups is 1. The Labute approximate surface area is 181 Å². The molecule has 0 radical (unpaired) electrons. The number of hydrogen-bond donors (Lipinski definition) is 0. The van der Waals surface area contributed by atoms with E-state index in [9.17, 15) is 4.79 Å². The van der Waals surface area contributed by atoms with E-state index in [1.807, 2.05) is 6.07 Å². The molecule has 3 unspecified atom stereocenters. The number of morpholine rings is 1. The van der Waals surface area contributed by atoms with Gasteiger partial charge in [-0.1, -0.05) is 6.07 Å². The Morgan fingerprint density at radius 1 is 1.13 bits per heavy atom. The molecule has 30 heavy (non-hydrogen) atoms. The normalized spacial score (nSPS) is 28.2. The Hall–Kier alpha value is -1.59. The van der Waals surface area contributed by atoms with Crippen molar-refractivity contribution < 1.29 is 14.3 Å². The lowest BCUT2D eigenvalue weighted by atomic mass is 9.80. The van der Waals surface area contributed by atoms with Gasteiger partial charge < -0.3 is 14.4 Å². The number of fused-ring (bicyclic) bond motifs is 1. The lowest BCUT2D eigenvalue weighted by molar-refractivity contribution is -0.133. The van der Waals surface area contributed by atoms with Crippen LogP contribution in [0.5, 0.6) is 5.75 Å². The molecule has 166 valence electrons. The molecule has 1 aliphatic carbocycles. The van der Waals surface area contributed by atoms with Crippen LogP contribution < -0.4 is 4.74 Å². The summed E-state index contributed by atoms with van der Waals surface area (Å²) in [5.41, 5.74) is 2.73. The monoisotopic (exact) mass is 414 g/mol. The van der Waals surface area contributed by atoms with E-state index in [1.54, 1.807) is 7.11 Å². The van der Waals surface area contributed by atoms with Crippen LogP contribution in [0.4, 0.5) is 0 Å². The van der Waals surface area contributed by atoms with Crippen molar-refractivity contribution in [2.45, 2.75) is 70.5 Å². The molecule has 0 saturated carbocycles. The van der Waals surface area contributed by atoms with Crippen molar-refractivity contribution in [3.8, 4) is 5.75 Å². The van der Waals surface area contributed by atoms with Gasteiger partial charge in [0.05, 0.1) is 19.3 Å². The number of hydrogen-bond acceptors (Lipinski definition) is 4. The predicted octanol–water partition coefficient (Wildman–Crippen LogP) is 3.85. The number of amides is 1. The van der Waals surface area contributed by atoms with Gasteiger partial charge in [-0.2, -0.15) is 0 Å². The van der Waals surface area contributed by atoms with Crippen molar-refractivity contribution in [1.29, 1.82) is 0 Å². The smallest absolute Gasteiger partial charge is 0.223 e. The average molecular weight is 415 g/mol. The number of nitrogens with zero attached hydrogens (tertiary/aromatic N) is 2. The minimum atomic E-state index is 0.328. The van der Waals surface area contributed by atoms with Gasteiger partial charge in [0.2, 0.25) is 5.91 Å². The summed E-state index contributed by atoms with van der Waals surface area (Å²) in [5, 5.41) is 0. The molecular formula is C25H38N2O3. The molecule has 2 fully saturated rings. The van der Waals surface area contributed by atoms with Crippen molar-refractivity contribution in [2.75, 3.05) is 39.8 Å². The third-order valence-electron chi connectivity index (χ3n) is 7.19. The SMILES string of the molecule is COc1ccc2c(c1)CCCC2CC(=O)N1CCC(CN2CC(C)OC(C)C2)CC1. The van der Waals surface area contributed by atoms with E-state index in [1.165, 1.54) is 11.1 Å². The fourth-order valence-electron chi connectivity index (χ4n) is 5.73. The predicted molar refractivity (Wildman–Crippen MR) is 119 cm³/mol. The molecule has 3 aliphatic rings.